The molecule has 2 aliphatic heterocycles. The number of carbonyl (C=O) groups excluding carboxylic acids is 4. The molecule has 0 N–H and O–H groups in total. The Bertz CT molecular complexity index is 1280. The first-order chi connectivity index (χ1) is 16.5. The first-order valence-electron chi connectivity index (χ1n) is 11.2. The van der Waals surface area contributed by atoms with Gasteiger partial charge in [-0.3, -0.25) is 19.2 Å². The Labute approximate surface area is 196 Å². The minimum absolute atomic E-state index is 0.0873. The van der Waals surface area contributed by atoms with Crippen LogP contribution in [0.4, 0.5) is 11.4 Å². The fourth-order valence-corrected chi connectivity index (χ4v) is 4.46. The SMILES string of the molecule is CCc1ccccc1N1C[C@H](C(=O)Oc2ccc(N3C(=O)c4ccccc4C3=O)cc2)CC1=O. The van der Waals surface area contributed by atoms with Crippen LogP contribution in [0, 0.1) is 5.92 Å². The van der Waals surface area contributed by atoms with Gasteiger partial charge in [-0.2, -0.15) is 0 Å². The highest BCUT2D eigenvalue weighted by Gasteiger charge is 2.38. The second kappa shape index (κ2) is 8.59. The van der Waals surface area contributed by atoms with Gasteiger partial charge in [0.15, 0.2) is 0 Å². The van der Waals surface area contributed by atoms with Crippen molar-refractivity contribution in [1.29, 1.82) is 0 Å². The number of para-hydroxylation sites is 1. The van der Waals surface area contributed by atoms with Gasteiger partial charge in [-0.25, -0.2) is 4.90 Å². The summed E-state index contributed by atoms with van der Waals surface area (Å²) in [6.07, 6.45) is 0.874. The number of rotatable bonds is 5. The van der Waals surface area contributed by atoms with Crippen LogP contribution >= 0.6 is 0 Å². The van der Waals surface area contributed by atoms with Gasteiger partial charge < -0.3 is 9.64 Å². The Balaban J connectivity index is 1.27. The molecular formula is C27H22N2O5. The van der Waals surface area contributed by atoms with Gasteiger partial charge in [0, 0.05) is 18.7 Å². The molecule has 0 aliphatic carbocycles. The van der Waals surface area contributed by atoms with Crippen LogP contribution in [-0.4, -0.2) is 30.2 Å². The summed E-state index contributed by atoms with van der Waals surface area (Å²) in [5, 5.41) is 0. The van der Waals surface area contributed by atoms with E-state index < -0.39 is 11.9 Å². The number of benzene rings is 3. The summed E-state index contributed by atoms with van der Waals surface area (Å²) in [5.41, 5.74) is 3.00. The number of imide groups is 1. The summed E-state index contributed by atoms with van der Waals surface area (Å²) in [4.78, 5) is 53.4. The molecule has 0 aromatic heterocycles. The third-order valence-corrected chi connectivity index (χ3v) is 6.23. The van der Waals surface area contributed by atoms with Crippen LogP contribution in [-0.2, 0) is 16.0 Å². The highest BCUT2D eigenvalue weighted by atomic mass is 16.5. The van der Waals surface area contributed by atoms with Crippen molar-refractivity contribution in [2.24, 2.45) is 5.92 Å². The van der Waals surface area contributed by atoms with Gasteiger partial charge in [0.05, 0.1) is 22.7 Å². The molecule has 1 saturated heterocycles. The summed E-state index contributed by atoms with van der Waals surface area (Å²) in [6, 6.07) is 20.6. The maximum Gasteiger partial charge on any atom is 0.316 e. The van der Waals surface area contributed by atoms with Crippen molar-refractivity contribution in [1.82, 2.24) is 0 Å². The van der Waals surface area contributed by atoms with Crippen molar-refractivity contribution in [3.8, 4) is 5.75 Å². The third-order valence-electron chi connectivity index (χ3n) is 6.23. The van der Waals surface area contributed by atoms with Crippen molar-refractivity contribution in [3.05, 3.63) is 89.5 Å². The van der Waals surface area contributed by atoms with E-state index in [-0.39, 0.29) is 36.4 Å². The molecule has 2 heterocycles. The molecule has 170 valence electrons. The topological polar surface area (TPSA) is 84.0 Å². The molecule has 0 bridgehead atoms. The lowest BCUT2D eigenvalue weighted by molar-refractivity contribution is -0.139. The number of ether oxygens (including phenoxy) is 1. The largest absolute Gasteiger partial charge is 0.426 e. The second-order valence-corrected chi connectivity index (χ2v) is 8.29. The van der Waals surface area contributed by atoms with Crippen LogP contribution in [0.1, 0.15) is 39.6 Å². The number of hydrogen-bond acceptors (Lipinski definition) is 5. The van der Waals surface area contributed by atoms with E-state index in [1.807, 2.05) is 31.2 Å². The highest BCUT2D eigenvalue weighted by Crippen LogP contribution is 2.31. The number of anilines is 2. The summed E-state index contributed by atoms with van der Waals surface area (Å²) in [6.45, 7) is 2.29. The monoisotopic (exact) mass is 454 g/mol. The Hall–Kier alpha value is -4.26. The number of amides is 3. The lowest BCUT2D eigenvalue weighted by Gasteiger charge is -2.19. The number of aryl methyl sites for hydroxylation is 1. The standard InChI is InChI=1S/C27H22N2O5/c1-2-17-7-3-6-10-23(17)28-16-18(15-24(28)30)27(33)34-20-13-11-19(12-14-20)29-25(31)21-8-4-5-9-22(21)26(29)32/h3-14,18H,2,15-16H2,1H3/t18-/m1/s1. The van der Waals surface area contributed by atoms with Crippen LogP contribution in [0.3, 0.4) is 0 Å². The van der Waals surface area contributed by atoms with Crippen molar-refractivity contribution >= 4 is 35.1 Å². The van der Waals surface area contributed by atoms with Crippen LogP contribution in [0.25, 0.3) is 0 Å². The quantitative estimate of drug-likeness (QED) is 0.330. The molecule has 0 spiro atoms. The molecule has 1 atom stereocenters. The average Bonchev–Trinajstić information content (AvgIpc) is 3.37. The van der Waals surface area contributed by atoms with Gasteiger partial charge in [-0.05, 0) is 54.4 Å². The Morgan fingerprint density at radius 1 is 0.882 bits per heavy atom. The zero-order valence-corrected chi connectivity index (χ0v) is 18.6. The van der Waals surface area contributed by atoms with Crippen LogP contribution < -0.4 is 14.5 Å². The molecule has 3 aromatic carbocycles. The van der Waals surface area contributed by atoms with E-state index in [4.69, 9.17) is 4.74 Å². The smallest absolute Gasteiger partial charge is 0.316 e. The molecule has 7 nitrogen and oxygen atoms in total. The molecule has 2 aliphatic rings. The first-order valence-corrected chi connectivity index (χ1v) is 11.2. The van der Waals surface area contributed by atoms with Crippen molar-refractivity contribution in [2.75, 3.05) is 16.3 Å². The summed E-state index contributed by atoms with van der Waals surface area (Å²) >= 11 is 0. The number of carbonyl (C=O) groups is 4. The lowest BCUT2D eigenvalue weighted by Crippen LogP contribution is -2.29. The number of hydrogen-bond donors (Lipinski definition) is 0. The summed E-state index contributed by atoms with van der Waals surface area (Å²) in [7, 11) is 0. The first kappa shape index (κ1) is 21.6. The number of nitrogens with zero attached hydrogens (tertiary/aromatic N) is 2. The van der Waals surface area contributed by atoms with E-state index >= 15 is 0 Å². The molecule has 3 amide bonds. The Kier molecular flexibility index (Phi) is 5.45. The fourth-order valence-electron chi connectivity index (χ4n) is 4.46. The van der Waals surface area contributed by atoms with Gasteiger partial charge in [0.1, 0.15) is 5.75 Å². The predicted molar refractivity (Wildman–Crippen MR) is 126 cm³/mol. The molecule has 0 unspecified atom stereocenters. The van der Waals surface area contributed by atoms with Gasteiger partial charge in [-0.15, -0.1) is 0 Å². The molecule has 5 rings (SSSR count). The van der Waals surface area contributed by atoms with Crippen molar-refractivity contribution in [3.63, 3.8) is 0 Å². The molecule has 1 fully saturated rings. The van der Waals surface area contributed by atoms with Gasteiger partial charge in [-0.1, -0.05) is 37.3 Å². The molecule has 0 saturated carbocycles. The zero-order chi connectivity index (χ0) is 23.8. The predicted octanol–water partition coefficient (Wildman–Crippen LogP) is 4.01. The average molecular weight is 454 g/mol. The van der Waals surface area contributed by atoms with Crippen molar-refractivity contribution < 1.29 is 23.9 Å². The Morgan fingerprint density at radius 3 is 2.15 bits per heavy atom. The van der Waals surface area contributed by atoms with E-state index in [9.17, 15) is 19.2 Å². The molecule has 34 heavy (non-hydrogen) atoms. The highest BCUT2D eigenvalue weighted by molar-refractivity contribution is 6.34. The maximum atomic E-state index is 12.8. The zero-order valence-electron chi connectivity index (χ0n) is 18.6. The van der Waals surface area contributed by atoms with E-state index in [0.29, 0.717) is 16.8 Å². The van der Waals surface area contributed by atoms with Gasteiger partial charge in [0.25, 0.3) is 11.8 Å². The van der Waals surface area contributed by atoms with E-state index in [1.165, 1.54) is 12.1 Å². The molecule has 3 aromatic rings. The van der Waals surface area contributed by atoms with E-state index in [0.717, 1.165) is 22.6 Å². The molecule has 7 heteroatoms. The van der Waals surface area contributed by atoms with Crippen molar-refractivity contribution in [2.45, 2.75) is 19.8 Å². The van der Waals surface area contributed by atoms with E-state index in [1.54, 1.807) is 41.3 Å². The Morgan fingerprint density at radius 2 is 1.50 bits per heavy atom. The number of esters is 1. The fraction of sp³-hybridized carbons (Fsp3) is 0.185. The summed E-state index contributed by atoms with van der Waals surface area (Å²) < 4.78 is 5.51. The van der Waals surface area contributed by atoms with E-state index in [2.05, 4.69) is 0 Å². The third kappa shape index (κ3) is 3.65. The summed E-state index contributed by atoms with van der Waals surface area (Å²) in [5.74, 6) is -1.66. The maximum absolute atomic E-state index is 12.8. The molecule has 0 radical (unpaired) electrons. The second-order valence-electron chi connectivity index (χ2n) is 8.29. The van der Waals surface area contributed by atoms with Gasteiger partial charge in [0.2, 0.25) is 5.91 Å². The van der Waals surface area contributed by atoms with Crippen LogP contribution in [0.2, 0.25) is 0 Å². The van der Waals surface area contributed by atoms with Gasteiger partial charge >= 0.3 is 5.97 Å². The van der Waals surface area contributed by atoms with Crippen LogP contribution in [0.5, 0.6) is 5.75 Å². The minimum Gasteiger partial charge on any atom is -0.426 e. The minimum atomic E-state index is -0.576. The lowest BCUT2D eigenvalue weighted by atomic mass is 10.1. The normalized spacial score (nSPS) is 17.3. The number of fused-ring (bicyclic) bond motifs is 1. The molecular weight excluding hydrogens is 432 g/mol. The van der Waals surface area contributed by atoms with Crippen LogP contribution in [0.15, 0.2) is 72.8 Å².